The van der Waals surface area contributed by atoms with E-state index in [0.717, 1.165) is 39.9 Å². The standard InChI is InChI=1S/C19H19BrN2O3/c1-24-18-9-2-13(11-21-22-19(23)14-3-4-14)10-15(18)12-25-17-7-5-16(20)6-8-17/h2,5-11,14H,3-4,12H2,1H3,(H,22,23)/b21-11+. The van der Waals surface area contributed by atoms with Crippen molar-refractivity contribution in [2.45, 2.75) is 19.4 Å². The van der Waals surface area contributed by atoms with Crippen LogP contribution in [0.25, 0.3) is 0 Å². The average molecular weight is 403 g/mol. The number of halogens is 1. The Morgan fingerprint density at radius 3 is 2.72 bits per heavy atom. The van der Waals surface area contributed by atoms with Gasteiger partial charge in [0.2, 0.25) is 5.91 Å². The highest BCUT2D eigenvalue weighted by molar-refractivity contribution is 9.10. The molecule has 1 aliphatic rings. The zero-order valence-electron chi connectivity index (χ0n) is 13.9. The maximum Gasteiger partial charge on any atom is 0.243 e. The minimum atomic E-state index is -0.0106. The fourth-order valence-corrected chi connectivity index (χ4v) is 2.56. The summed E-state index contributed by atoms with van der Waals surface area (Å²) in [6.45, 7) is 0.376. The number of ether oxygens (including phenoxy) is 2. The van der Waals surface area contributed by atoms with E-state index < -0.39 is 0 Å². The van der Waals surface area contributed by atoms with Gasteiger partial charge in [0.25, 0.3) is 0 Å². The van der Waals surface area contributed by atoms with E-state index in [2.05, 4.69) is 26.5 Å². The maximum atomic E-state index is 11.6. The van der Waals surface area contributed by atoms with Crippen molar-refractivity contribution < 1.29 is 14.3 Å². The molecule has 130 valence electrons. The van der Waals surface area contributed by atoms with Gasteiger partial charge in [0, 0.05) is 16.0 Å². The van der Waals surface area contributed by atoms with E-state index in [4.69, 9.17) is 9.47 Å². The van der Waals surface area contributed by atoms with E-state index in [0.29, 0.717) is 6.61 Å². The summed E-state index contributed by atoms with van der Waals surface area (Å²) < 4.78 is 12.2. The molecule has 2 aromatic rings. The third-order valence-electron chi connectivity index (χ3n) is 3.85. The molecule has 0 aromatic heterocycles. The molecular weight excluding hydrogens is 384 g/mol. The van der Waals surface area contributed by atoms with Crippen molar-refractivity contribution in [1.29, 1.82) is 0 Å². The van der Waals surface area contributed by atoms with Crippen LogP contribution in [0.2, 0.25) is 0 Å². The molecule has 0 aliphatic heterocycles. The van der Waals surface area contributed by atoms with Gasteiger partial charge in [0.15, 0.2) is 0 Å². The first-order valence-electron chi connectivity index (χ1n) is 8.04. The third kappa shape index (κ3) is 5.06. The van der Waals surface area contributed by atoms with Gasteiger partial charge in [-0.15, -0.1) is 0 Å². The van der Waals surface area contributed by atoms with E-state index >= 15 is 0 Å². The maximum absolute atomic E-state index is 11.6. The summed E-state index contributed by atoms with van der Waals surface area (Å²) in [7, 11) is 1.63. The molecule has 1 saturated carbocycles. The Kier molecular flexibility index (Phi) is 5.71. The van der Waals surface area contributed by atoms with Crippen LogP contribution in [-0.4, -0.2) is 19.2 Å². The molecule has 0 spiro atoms. The van der Waals surface area contributed by atoms with Crippen LogP contribution in [0.4, 0.5) is 0 Å². The van der Waals surface area contributed by atoms with Crippen LogP contribution in [-0.2, 0) is 11.4 Å². The predicted octanol–water partition coefficient (Wildman–Crippen LogP) is 3.90. The van der Waals surface area contributed by atoms with Gasteiger partial charge < -0.3 is 9.47 Å². The number of methoxy groups -OCH3 is 1. The fourth-order valence-electron chi connectivity index (χ4n) is 2.29. The Balaban J connectivity index is 1.65. The number of amides is 1. The lowest BCUT2D eigenvalue weighted by atomic mass is 10.1. The Hall–Kier alpha value is -2.34. The van der Waals surface area contributed by atoms with Crippen LogP contribution in [0.5, 0.6) is 11.5 Å². The molecule has 0 saturated heterocycles. The molecule has 25 heavy (non-hydrogen) atoms. The highest BCUT2D eigenvalue weighted by Crippen LogP contribution is 2.28. The second-order valence-corrected chi connectivity index (χ2v) is 6.74. The van der Waals surface area contributed by atoms with Gasteiger partial charge in [-0.1, -0.05) is 15.9 Å². The molecule has 2 aromatic carbocycles. The average Bonchev–Trinajstić information content (AvgIpc) is 3.46. The molecule has 1 N–H and O–H groups in total. The molecule has 0 radical (unpaired) electrons. The quantitative estimate of drug-likeness (QED) is 0.564. The smallest absolute Gasteiger partial charge is 0.243 e. The Morgan fingerprint density at radius 1 is 1.28 bits per heavy atom. The summed E-state index contributed by atoms with van der Waals surface area (Å²) in [5, 5.41) is 4.02. The Morgan fingerprint density at radius 2 is 2.04 bits per heavy atom. The highest BCUT2D eigenvalue weighted by Gasteiger charge is 2.29. The van der Waals surface area contributed by atoms with Gasteiger partial charge >= 0.3 is 0 Å². The van der Waals surface area contributed by atoms with Gasteiger partial charge in [-0.2, -0.15) is 5.10 Å². The lowest BCUT2D eigenvalue weighted by Crippen LogP contribution is -2.18. The van der Waals surface area contributed by atoms with Crippen molar-refractivity contribution in [2.24, 2.45) is 11.0 Å². The van der Waals surface area contributed by atoms with Crippen molar-refractivity contribution in [2.75, 3.05) is 7.11 Å². The van der Waals surface area contributed by atoms with E-state index in [9.17, 15) is 4.79 Å². The minimum absolute atomic E-state index is 0.0106. The van der Waals surface area contributed by atoms with Gasteiger partial charge in [0.1, 0.15) is 18.1 Å². The SMILES string of the molecule is COc1ccc(/C=N/NC(=O)C2CC2)cc1COc1ccc(Br)cc1. The minimum Gasteiger partial charge on any atom is -0.496 e. The normalized spacial score (nSPS) is 13.7. The zero-order valence-corrected chi connectivity index (χ0v) is 15.5. The molecule has 0 heterocycles. The summed E-state index contributed by atoms with van der Waals surface area (Å²) >= 11 is 3.40. The van der Waals surface area contributed by atoms with Gasteiger partial charge in [-0.05, 0) is 60.9 Å². The first-order valence-corrected chi connectivity index (χ1v) is 8.83. The van der Waals surface area contributed by atoms with Crippen molar-refractivity contribution in [3.05, 3.63) is 58.1 Å². The molecule has 0 atom stereocenters. The molecule has 1 fully saturated rings. The number of carbonyl (C=O) groups excluding carboxylic acids is 1. The number of nitrogens with one attached hydrogen (secondary N) is 1. The topological polar surface area (TPSA) is 59.9 Å². The number of hydrogen-bond donors (Lipinski definition) is 1. The largest absolute Gasteiger partial charge is 0.496 e. The Bertz CT molecular complexity index is 771. The number of hydrazone groups is 1. The summed E-state index contributed by atoms with van der Waals surface area (Å²) in [6, 6.07) is 13.3. The van der Waals surface area contributed by atoms with Crippen LogP contribution in [0.3, 0.4) is 0 Å². The van der Waals surface area contributed by atoms with Gasteiger partial charge in [0.05, 0.1) is 13.3 Å². The highest BCUT2D eigenvalue weighted by atomic mass is 79.9. The van der Waals surface area contributed by atoms with Gasteiger partial charge in [-0.3, -0.25) is 4.79 Å². The first kappa shape index (κ1) is 17.5. The van der Waals surface area contributed by atoms with Crippen LogP contribution >= 0.6 is 15.9 Å². The molecule has 1 amide bonds. The van der Waals surface area contributed by atoms with Crippen LogP contribution in [0, 0.1) is 5.92 Å². The summed E-state index contributed by atoms with van der Waals surface area (Å²) in [4.78, 5) is 11.6. The summed E-state index contributed by atoms with van der Waals surface area (Å²) in [6.07, 6.45) is 3.55. The van der Waals surface area contributed by atoms with Crippen molar-refractivity contribution >= 4 is 28.1 Å². The number of benzene rings is 2. The second kappa shape index (κ2) is 8.16. The first-order chi connectivity index (χ1) is 12.2. The van der Waals surface area contributed by atoms with Gasteiger partial charge in [-0.25, -0.2) is 5.43 Å². The summed E-state index contributed by atoms with van der Waals surface area (Å²) in [5.74, 6) is 1.66. The third-order valence-corrected chi connectivity index (χ3v) is 4.38. The van der Waals surface area contributed by atoms with Crippen LogP contribution < -0.4 is 14.9 Å². The lowest BCUT2D eigenvalue weighted by molar-refractivity contribution is -0.122. The molecular formula is C19H19BrN2O3. The van der Waals surface area contributed by atoms with E-state index in [1.54, 1.807) is 13.3 Å². The summed E-state index contributed by atoms with van der Waals surface area (Å²) in [5.41, 5.74) is 4.34. The fraction of sp³-hybridized carbons (Fsp3) is 0.263. The van der Waals surface area contributed by atoms with Crippen molar-refractivity contribution in [3.63, 3.8) is 0 Å². The monoisotopic (exact) mass is 402 g/mol. The molecule has 6 heteroatoms. The number of hydrogen-bond acceptors (Lipinski definition) is 4. The number of nitrogens with zero attached hydrogens (tertiary/aromatic N) is 1. The van der Waals surface area contributed by atoms with E-state index in [-0.39, 0.29) is 11.8 Å². The van der Waals surface area contributed by atoms with Crippen molar-refractivity contribution in [3.8, 4) is 11.5 Å². The van der Waals surface area contributed by atoms with Crippen LogP contribution in [0.1, 0.15) is 24.0 Å². The molecule has 1 aliphatic carbocycles. The lowest BCUT2D eigenvalue weighted by Gasteiger charge is -2.11. The molecule has 0 unspecified atom stereocenters. The molecule has 3 rings (SSSR count). The Labute approximate surface area is 155 Å². The van der Waals surface area contributed by atoms with Crippen molar-refractivity contribution in [1.82, 2.24) is 5.43 Å². The number of rotatable bonds is 7. The zero-order chi connectivity index (χ0) is 17.6. The number of carbonyl (C=O) groups is 1. The van der Waals surface area contributed by atoms with E-state index in [1.807, 2.05) is 42.5 Å². The second-order valence-electron chi connectivity index (χ2n) is 5.82. The van der Waals surface area contributed by atoms with E-state index in [1.165, 1.54) is 0 Å². The molecule has 0 bridgehead atoms. The molecule has 5 nitrogen and oxygen atoms in total. The van der Waals surface area contributed by atoms with Crippen LogP contribution in [0.15, 0.2) is 52.0 Å². The predicted molar refractivity (Wildman–Crippen MR) is 99.9 cm³/mol.